The van der Waals surface area contributed by atoms with Crippen molar-refractivity contribution in [1.29, 1.82) is 0 Å². The van der Waals surface area contributed by atoms with E-state index in [9.17, 15) is 4.79 Å². The van der Waals surface area contributed by atoms with Crippen LogP contribution in [0.15, 0.2) is 28.7 Å². The van der Waals surface area contributed by atoms with Gasteiger partial charge in [-0.2, -0.15) is 0 Å². The lowest BCUT2D eigenvalue weighted by molar-refractivity contribution is -0.121. The van der Waals surface area contributed by atoms with Crippen molar-refractivity contribution in [3.63, 3.8) is 0 Å². The second-order valence-electron chi connectivity index (χ2n) is 4.09. The highest BCUT2D eigenvalue weighted by Crippen LogP contribution is 2.10. The number of amides is 1. The van der Waals surface area contributed by atoms with Gasteiger partial charge in [0.15, 0.2) is 0 Å². The first-order chi connectivity index (χ1) is 8.72. The Morgan fingerprint density at radius 2 is 2.00 bits per heavy atom. The lowest BCUT2D eigenvalue weighted by Crippen LogP contribution is -2.27. The number of benzene rings is 1. The number of carbonyl (C=O) groups is 1. The normalized spacial score (nSPS) is 10.3. The summed E-state index contributed by atoms with van der Waals surface area (Å²) in [6.45, 7) is 3.85. The fourth-order valence-electron chi connectivity index (χ4n) is 1.52. The van der Waals surface area contributed by atoms with Gasteiger partial charge in [-0.25, -0.2) is 0 Å². The highest BCUT2D eigenvalue weighted by atomic mass is 79.9. The molecule has 0 aliphatic carbocycles. The zero-order valence-electron chi connectivity index (χ0n) is 10.7. The standard InChI is InChI=1S/C14H20BrNO2/c1-2-3-14(17)16-9-11-18-10-8-12-4-6-13(15)7-5-12/h4-7H,2-3,8-11H2,1H3,(H,16,17). The number of nitrogens with one attached hydrogen (secondary N) is 1. The molecule has 0 spiro atoms. The largest absolute Gasteiger partial charge is 0.379 e. The Morgan fingerprint density at radius 1 is 1.28 bits per heavy atom. The van der Waals surface area contributed by atoms with E-state index in [1.54, 1.807) is 0 Å². The molecule has 0 fully saturated rings. The zero-order chi connectivity index (χ0) is 13.2. The van der Waals surface area contributed by atoms with Crippen molar-refractivity contribution in [2.75, 3.05) is 19.8 Å². The second-order valence-corrected chi connectivity index (χ2v) is 5.00. The van der Waals surface area contributed by atoms with Crippen molar-refractivity contribution in [2.45, 2.75) is 26.2 Å². The topological polar surface area (TPSA) is 38.3 Å². The minimum absolute atomic E-state index is 0.106. The van der Waals surface area contributed by atoms with Crippen LogP contribution in [0.25, 0.3) is 0 Å². The summed E-state index contributed by atoms with van der Waals surface area (Å²) in [7, 11) is 0. The molecule has 0 unspecified atom stereocenters. The molecule has 1 aromatic rings. The van der Waals surface area contributed by atoms with Crippen LogP contribution in [0.3, 0.4) is 0 Å². The molecule has 0 bridgehead atoms. The molecule has 0 aliphatic heterocycles. The van der Waals surface area contributed by atoms with E-state index in [1.165, 1.54) is 5.56 Å². The summed E-state index contributed by atoms with van der Waals surface area (Å²) in [5.41, 5.74) is 1.26. The number of ether oxygens (including phenoxy) is 1. The smallest absolute Gasteiger partial charge is 0.220 e. The lowest BCUT2D eigenvalue weighted by atomic mass is 10.2. The monoisotopic (exact) mass is 313 g/mol. The number of carbonyl (C=O) groups excluding carboxylic acids is 1. The minimum atomic E-state index is 0.106. The van der Waals surface area contributed by atoms with Gasteiger partial charge in [0.25, 0.3) is 0 Å². The molecule has 0 radical (unpaired) electrons. The van der Waals surface area contributed by atoms with E-state index in [4.69, 9.17) is 4.74 Å². The quantitative estimate of drug-likeness (QED) is 0.749. The van der Waals surface area contributed by atoms with Gasteiger partial charge in [-0.15, -0.1) is 0 Å². The van der Waals surface area contributed by atoms with Crippen LogP contribution < -0.4 is 5.32 Å². The van der Waals surface area contributed by atoms with Crippen LogP contribution in [-0.2, 0) is 16.0 Å². The van der Waals surface area contributed by atoms with Crippen LogP contribution in [0.2, 0.25) is 0 Å². The highest BCUT2D eigenvalue weighted by molar-refractivity contribution is 9.10. The molecule has 0 heterocycles. The van der Waals surface area contributed by atoms with Crippen molar-refractivity contribution < 1.29 is 9.53 Å². The molecule has 0 atom stereocenters. The van der Waals surface area contributed by atoms with Crippen molar-refractivity contribution in [1.82, 2.24) is 5.32 Å². The van der Waals surface area contributed by atoms with Crippen LogP contribution in [-0.4, -0.2) is 25.7 Å². The Bertz CT molecular complexity index is 351. The van der Waals surface area contributed by atoms with Gasteiger partial charge in [-0.1, -0.05) is 35.0 Å². The molecule has 1 aromatic carbocycles. The van der Waals surface area contributed by atoms with Gasteiger partial charge < -0.3 is 10.1 Å². The number of halogens is 1. The Balaban J connectivity index is 2.02. The Kier molecular flexibility index (Phi) is 7.69. The summed E-state index contributed by atoms with van der Waals surface area (Å²) in [5, 5.41) is 2.82. The number of hydrogen-bond acceptors (Lipinski definition) is 2. The molecule has 0 aromatic heterocycles. The van der Waals surface area contributed by atoms with Crippen molar-refractivity contribution >= 4 is 21.8 Å². The molecule has 1 N–H and O–H groups in total. The average molecular weight is 314 g/mol. The molecule has 4 heteroatoms. The van der Waals surface area contributed by atoms with Gasteiger partial charge in [-0.3, -0.25) is 4.79 Å². The van der Waals surface area contributed by atoms with Crippen LogP contribution in [0.5, 0.6) is 0 Å². The highest BCUT2D eigenvalue weighted by Gasteiger charge is 1.98. The van der Waals surface area contributed by atoms with Crippen molar-refractivity contribution in [3.05, 3.63) is 34.3 Å². The van der Waals surface area contributed by atoms with Crippen LogP contribution in [0.4, 0.5) is 0 Å². The van der Waals surface area contributed by atoms with E-state index >= 15 is 0 Å². The summed E-state index contributed by atoms with van der Waals surface area (Å²) in [5.74, 6) is 0.106. The number of rotatable bonds is 8. The van der Waals surface area contributed by atoms with E-state index in [0.717, 1.165) is 17.3 Å². The molecule has 0 saturated heterocycles. The Labute approximate surface area is 117 Å². The number of hydrogen-bond donors (Lipinski definition) is 1. The van der Waals surface area contributed by atoms with E-state index in [-0.39, 0.29) is 5.91 Å². The molecule has 3 nitrogen and oxygen atoms in total. The maximum Gasteiger partial charge on any atom is 0.220 e. The molecule has 1 amide bonds. The minimum Gasteiger partial charge on any atom is -0.379 e. The van der Waals surface area contributed by atoms with Gasteiger partial charge in [0, 0.05) is 17.4 Å². The van der Waals surface area contributed by atoms with E-state index in [1.807, 2.05) is 19.1 Å². The maximum absolute atomic E-state index is 11.2. The summed E-state index contributed by atoms with van der Waals surface area (Å²) in [6.07, 6.45) is 2.38. The lowest BCUT2D eigenvalue weighted by Gasteiger charge is -2.06. The van der Waals surface area contributed by atoms with Gasteiger partial charge in [-0.05, 0) is 30.5 Å². The van der Waals surface area contributed by atoms with Gasteiger partial charge in [0.2, 0.25) is 5.91 Å². The average Bonchev–Trinajstić information content (AvgIpc) is 2.36. The van der Waals surface area contributed by atoms with Crippen LogP contribution in [0.1, 0.15) is 25.3 Å². The first-order valence-corrected chi connectivity index (χ1v) is 7.10. The molecule has 0 aliphatic rings. The second kappa shape index (κ2) is 9.11. The fourth-order valence-corrected chi connectivity index (χ4v) is 1.79. The zero-order valence-corrected chi connectivity index (χ0v) is 12.3. The SMILES string of the molecule is CCCC(=O)NCCOCCc1ccc(Br)cc1. The third kappa shape index (κ3) is 6.77. The Morgan fingerprint density at radius 3 is 2.67 bits per heavy atom. The third-order valence-electron chi connectivity index (χ3n) is 2.49. The van der Waals surface area contributed by atoms with Gasteiger partial charge in [0.1, 0.15) is 0 Å². The first kappa shape index (κ1) is 15.2. The predicted octanol–water partition coefficient (Wildman–Crippen LogP) is 2.92. The maximum atomic E-state index is 11.2. The molecule has 1 rings (SSSR count). The van der Waals surface area contributed by atoms with E-state index < -0.39 is 0 Å². The molecule has 0 saturated carbocycles. The van der Waals surface area contributed by atoms with E-state index in [2.05, 4.69) is 33.4 Å². The van der Waals surface area contributed by atoms with Crippen molar-refractivity contribution in [3.8, 4) is 0 Å². The van der Waals surface area contributed by atoms with Crippen LogP contribution in [0, 0.1) is 0 Å². The fraction of sp³-hybridized carbons (Fsp3) is 0.500. The predicted molar refractivity (Wildman–Crippen MR) is 76.6 cm³/mol. The molecule has 100 valence electrons. The first-order valence-electron chi connectivity index (χ1n) is 6.31. The summed E-state index contributed by atoms with van der Waals surface area (Å²) >= 11 is 3.40. The van der Waals surface area contributed by atoms with Gasteiger partial charge in [0.05, 0.1) is 13.2 Å². The summed E-state index contributed by atoms with van der Waals surface area (Å²) in [6, 6.07) is 8.22. The van der Waals surface area contributed by atoms with Gasteiger partial charge >= 0.3 is 0 Å². The summed E-state index contributed by atoms with van der Waals surface area (Å²) in [4.78, 5) is 11.2. The molecular weight excluding hydrogens is 294 g/mol. The van der Waals surface area contributed by atoms with Crippen molar-refractivity contribution in [2.24, 2.45) is 0 Å². The van der Waals surface area contributed by atoms with Crippen LogP contribution >= 0.6 is 15.9 Å². The third-order valence-corrected chi connectivity index (χ3v) is 3.02. The Hall–Kier alpha value is -0.870. The molecular formula is C14H20BrNO2. The summed E-state index contributed by atoms with van der Waals surface area (Å²) < 4.78 is 6.56. The molecule has 18 heavy (non-hydrogen) atoms. The van der Waals surface area contributed by atoms with E-state index in [0.29, 0.717) is 26.2 Å².